The molecule has 29 heavy (non-hydrogen) atoms. The topological polar surface area (TPSA) is 83.0 Å². The van der Waals surface area contributed by atoms with Crippen molar-refractivity contribution in [2.24, 2.45) is 10.9 Å². The summed E-state index contributed by atoms with van der Waals surface area (Å²) in [4.78, 5) is 4.21. The van der Waals surface area contributed by atoms with Crippen molar-refractivity contribution in [1.29, 1.82) is 0 Å². The first-order valence-electron chi connectivity index (χ1n) is 10.2. The van der Waals surface area contributed by atoms with Crippen molar-refractivity contribution in [3.05, 3.63) is 29.3 Å². The van der Waals surface area contributed by atoms with Crippen LogP contribution in [0.3, 0.4) is 0 Å². The molecule has 2 fully saturated rings. The smallest absolute Gasteiger partial charge is 0.215 e. The molecule has 1 heterocycles. The van der Waals surface area contributed by atoms with Crippen molar-refractivity contribution < 1.29 is 13.2 Å². The van der Waals surface area contributed by atoms with E-state index in [2.05, 4.69) is 40.7 Å². The molecule has 0 amide bonds. The van der Waals surface area contributed by atoms with Crippen molar-refractivity contribution in [1.82, 2.24) is 14.9 Å². The molecule has 9 heteroatoms. The minimum absolute atomic E-state index is 0.0681. The zero-order valence-electron chi connectivity index (χ0n) is 17.3. The Morgan fingerprint density at radius 2 is 2.03 bits per heavy atom. The molecule has 0 spiro atoms. The highest BCUT2D eigenvalue weighted by atomic mass is 32.2. The molecule has 1 aromatic rings. The van der Waals surface area contributed by atoms with Crippen molar-refractivity contribution in [2.45, 2.75) is 26.3 Å². The number of sulfonamides is 1. The lowest BCUT2D eigenvalue weighted by Crippen LogP contribution is -2.44. The Hall–Kier alpha value is -1.45. The van der Waals surface area contributed by atoms with E-state index in [9.17, 15) is 8.42 Å². The summed E-state index contributed by atoms with van der Waals surface area (Å²) in [6.07, 6.45) is 2.52. The number of aliphatic imine (C=N–C) groups is 1. The van der Waals surface area contributed by atoms with Gasteiger partial charge >= 0.3 is 0 Å². The number of aryl methyl sites for hydroxylation is 1. The fraction of sp³-hybridized carbons (Fsp3) is 0.650. The minimum Gasteiger partial charge on any atom is -0.493 e. The second-order valence-corrected chi connectivity index (χ2v) is 10.9. The van der Waals surface area contributed by atoms with Gasteiger partial charge in [-0.25, -0.2) is 12.7 Å². The van der Waals surface area contributed by atoms with E-state index in [0.29, 0.717) is 38.1 Å². The Morgan fingerprint density at radius 1 is 1.28 bits per heavy atom. The number of hydrogen-bond donors (Lipinski definition) is 2. The molecule has 1 aromatic carbocycles. The summed E-state index contributed by atoms with van der Waals surface area (Å²) in [5.41, 5.74) is 2.24. The van der Waals surface area contributed by atoms with Crippen LogP contribution in [0.2, 0.25) is 0 Å². The zero-order valence-corrected chi connectivity index (χ0v) is 18.9. The fourth-order valence-electron chi connectivity index (χ4n) is 3.09. The quantitative estimate of drug-likeness (QED) is 0.450. The standard InChI is InChI=1S/C20H32N4O3S2/c1-16-3-6-18(19(13-16)27-15-17-4-5-17)14-23-20(21-2)22-7-12-29(25,26)24-8-10-28-11-9-24/h3,6,13,17H,4-5,7-12,14-15H2,1-2H3,(H2,21,22,23). The average molecular weight is 441 g/mol. The Kier molecular flexibility index (Phi) is 8.08. The molecule has 0 bridgehead atoms. The van der Waals surface area contributed by atoms with E-state index in [0.717, 1.165) is 29.4 Å². The van der Waals surface area contributed by atoms with Crippen LogP contribution in [0.4, 0.5) is 0 Å². The summed E-state index contributed by atoms with van der Waals surface area (Å²) in [7, 11) is -1.53. The van der Waals surface area contributed by atoms with Crippen LogP contribution in [0.5, 0.6) is 5.75 Å². The molecule has 2 N–H and O–H groups in total. The third-order valence-corrected chi connectivity index (χ3v) is 7.89. The normalized spacial score (nSPS) is 18.5. The first-order chi connectivity index (χ1) is 14.0. The number of hydrogen-bond acceptors (Lipinski definition) is 5. The first kappa shape index (κ1) is 22.2. The van der Waals surface area contributed by atoms with Crippen LogP contribution in [-0.4, -0.2) is 69.2 Å². The number of rotatable bonds is 9. The maximum absolute atomic E-state index is 12.4. The van der Waals surface area contributed by atoms with Gasteiger partial charge < -0.3 is 15.4 Å². The van der Waals surface area contributed by atoms with E-state index in [4.69, 9.17) is 4.74 Å². The van der Waals surface area contributed by atoms with E-state index in [1.54, 1.807) is 23.1 Å². The van der Waals surface area contributed by atoms with Gasteiger partial charge in [-0.05, 0) is 37.3 Å². The molecule has 1 aliphatic heterocycles. The molecule has 0 atom stereocenters. The van der Waals surface area contributed by atoms with E-state index in [1.165, 1.54) is 18.4 Å². The molecule has 3 rings (SSSR count). The molecule has 0 aromatic heterocycles. The van der Waals surface area contributed by atoms with Crippen molar-refractivity contribution in [2.75, 3.05) is 50.5 Å². The predicted octanol–water partition coefficient (Wildman–Crippen LogP) is 1.83. The number of nitrogens with zero attached hydrogens (tertiary/aromatic N) is 2. The highest BCUT2D eigenvalue weighted by molar-refractivity contribution is 7.99. The van der Waals surface area contributed by atoms with Crippen LogP contribution in [-0.2, 0) is 16.6 Å². The van der Waals surface area contributed by atoms with Crippen molar-refractivity contribution >= 4 is 27.7 Å². The molecule has 0 unspecified atom stereocenters. The molecular formula is C20H32N4O3S2. The summed E-state index contributed by atoms with van der Waals surface area (Å²) < 4.78 is 32.5. The third-order valence-electron chi connectivity index (χ3n) is 5.08. The lowest BCUT2D eigenvalue weighted by molar-refractivity contribution is 0.296. The predicted molar refractivity (Wildman–Crippen MR) is 120 cm³/mol. The van der Waals surface area contributed by atoms with Gasteiger partial charge in [-0.1, -0.05) is 12.1 Å². The zero-order chi connectivity index (χ0) is 20.7. The third kappa shape index (κ3) is 7.08. The summed E-state index contributed by atoms with van der Waals surface area (Å²) in [6, 6.07) is 6.20. The maximum Gasteiger partial charge on any atom is 0.215 e. The summed E-state index contributed by atoms with van der Waals surface area (Å²) in [5.74, 6) is 4.01. The largest absolute Gasteiger partial charge is 0.493 e. The summed E-state index contributed by atoms with van der Waals surface area (Å²) >= 11 is 1.80. The lowest BCUT2D eigenvalue weighted by Gasteiger charge is -2.25. The van der Waals surface area contributed by atoms with E-state index >= 15 is 0 Å². The minimum atomic E-state index is -3.22. The SMILES string of the molecule is CN=C(NCCS(=O)(=O)N1CCSCC1)NCc1ccc(C)cc1OCC1CC1. The van der Waals surface area contributed by atoms with Gasteiger partial charge in [0.1, 0.15) is 5.75 Å². The Morgan fingerprint density at radius 3 is 2.72 bits per heavy atom. The van der Waals surface area contributed by atoms with E-state index in [1.807, 2.05) is 0 Å². The van der Waals surface area contributed by atoms with Crippen LogP contribution in [0.25, 0.3) is 0 Å². The number of nitrogens with one attached hydrogen (secondary N) is 2. The van der Waals surface area contributed by atoms with Gasteiger partial charge in [0, 0.05) is 50.3 Å². The fourth-order valence-corrected chi connectivity index (χ4v) is 5.58. The molecular weight excluding hydrogens is 408 g/mol. The average Bonchev–Trinajstić information content (AvgIpc) is 3.55. The molecule has 1 saturated heterocycles. The first-order valence-corrected chi connectivity index (χ1v) is 13.0. The molecule has 7 nitrogen and oxygen atoms in total. The molecule has 1 saturated carbocycles. The Balaban J connectivity index is 1.47. The highest BCUT2D eigenvalue weighted by Crippen LogP contribution is 2.30. The summed E-state index contributed by atoms with van der Waals surface area (Å²) in [6.45, 7) is 4.94. The van der Waals surface area contributed by atoms with Gasteiger partial charge in [0.05, 0.1) is 12.4 Å². The number of benzene rings is 1. The van der Waals surface area contributed by atoms with E-state index < -0.39 is 10.0 Å². The van der Waals surface area contributed by atoms with Gasteiger partial charge in [0.15, 0.2) is 5.96 Å². The molecule has 0 radical (unpaired) electrons. The van der Waals surface area contributed by atoms with Crippen LogP contribution in [0, 0.1) is 12.8 Å². The maximum atomic E-state index is 12.4. The number of thioether (sulfide) groups is 1. The van der Waals surface area contributed by atoms with Crippen LogP contribution in [0.15, 0.2) is 23.2 Å². The second kappa shape index (κ2) is 10.5. The van der Waals surface area contributed by atoms with Gasteiger partial charge in [0.2, 0.25) is 10.0 Å². The van der Waals surface area contributed by atoms with Crippen LogP contribution < -0.4 is 15.4 Å². The van der Waals surface area contributed by atoms with Gasteiger partial charge in [-0.2, -0.15) is 11.8 Å². The molecule has 2 aliphatic rings. The van der Waals surface area contributed by atoms with Crippen LogP contribution in [0.1, 0.15) is 24.0 Å². The second-order valence-electron chi connectivity index (χ2n) is 7.55. The Bertz CT molecular complexity index is 804. The Labute approximate surface area is 178 Å². The van der Waals surface area contributed by atoms with Gasteiger partial charge in [-0.15, -0.1) is 0 Å². The highest BCUT2D eigenvalue weighted by Gasteiger charge is 2.24. The number of ether oxygens (including phenoxy) is 1. The molecule has 162 valence electrons. The van der Waals surface area contributed by atoms with Crippen LogP contribution >= 0.6 is 11.8 Å². The summed E-state index contributed by atoms with van der Waals surface area (Å²) in [5, 5.41) is 6.37. The van der Waals surface area contributed by atoms with Gasteiger partial charge in [0.25, 0.3) is 0 Å². The van der Waals surface area contributed by atoms with Crippen molar-refractivity contribution in [3.8, 4) is 5.75 Å². The monoisotopic (exact) mass is 440 g/mol. The van der Waals surface area contributed by atoms with Crippen molar-refractivity contribution in [3.63, 3.8) is 0 Å². The van der Waals surface area contributed by atoms with Gasteiger partial charge in [-0.3, -0.25) is 4.99 Å². The molecule has 1 aliphatic carbocycles. The number of guanidine groups is 1. The van der Waals surface area contributed by atoms with E-state index in [-0.39, 0.29) is 5.75 Å². The lowest BCUT2D eigenvalue weighted by atomic mass is 10.1.